The van der Waals surface area contributed by atoms with Crippen LogP contribution >= 0.6 is 11.6 Å². The minimum atomic E-state index is -0.795. The van der Waals surface area contributed by atoms with Crippen molar-refractivity contribution in [1.82, 2.24) is 0 Å². The van der Waals surface area contributed by atoms with Gasteiger partial charge < -0.3 is 18.9 Å². The number of carbonyl (C=O) groups is 2. The van der Waals surface area contributed by atoms with Crippen LogP contribution in [0.2, 0.25) is 5.02 Å². The Bertz CT molecular complexity index is 707. The van der Waals surface area contributed by atoms with Crippen molar-refractivity contribution >= 4 is 29.5 Å². The summed E-state index contributed by atoms with van der Waals surface area (Å²) in [5, 5.41) is 0.467. The highest BCUT2D eigenvalue weighted by Crippen LogP contribution is 2.36. The summed E-state index contributed by atoms with van der Waals surface area (Å²) in [5.41, 5.74) is -0.808. The van der Waals surface area contributed by atoms with Crippen molar-refractivity contribution in [1.29, 1.82) is 0 Å². The number of halogens is 1. The molecule has 0 aromatic heterocycles. The van der Waals surface area contributed by atoms with E-state index >= 15 is 0 Å². The predicted octanol–water partition coefficient (Wildman–Crippen LogP) is 4.79. The summed E-state index contributed by atoms with van der Waals surface area (Å²) in [6.07, 6.45) is -1.90. The van der Waals surface area contributed by atoms with Gasteiger partial charge in [0.15, 0.2) is 6.10 Å². The Labute approximate surface area is 164 Å². The van der Waals surface area contributed by atoms with Crippen LogP contribution in [0.5, 0.6) is 5.75 Å². The van der Waals surface area contributed by atoms with Crippen LogP contribution in [0.3, 0.4) is 0 Å². The molecule has 0 saturated heterocycles. The zero-order chi connectivity index (χ0) is 20.4. The van der Waals surface area contributed by atoms with E-state index in [9.17, 15) is 9.59 Å². The lowest BCUT2D eigenvalue weighted by Gasteiger charge is -2.35. The van der Waals surface area contributed by atoms with E-state index in [1.165, 1.54) is 4.90 Å². The number of nitrogens with zero attached hydrogens (tertiary/aromatic N) is 1. The fourth-order valence-electron chi connectivity index (χ4n) is 2.34. The summed E-state index contributed by atoms with van der Waals surface area (Å²) in [6.45, 7) is 10.7. The SMILES string of the molecule is CC(C)(C)OC(=O)OC[C@@H]1CN(C(=O)OC(C)(C)C)c2cc(Cl)ccc2O1. The van der Waals surface area contributed by atoms with Crippen molar-refractivity contribution in [3.8, 4) is 5.75 Å². The van der Waals surface area contributed by atoms with E-state index in [2.05, 4.69) is 0 Å². The number of ether oxygens (including phenoxy) is 4. The first-order valence-electron chi connectivity index (χ1n) is 8.66. The van der Waals surface area contributed by atoms with Crippen LogP contribution in [-0.2, 0) is 14.2 Å². The second-order valence-corrected chi connectivity index (χ2v) is 8.65. The van der Waals surface area contributed by atoms with Crippen LogP contribution < -0.4 is 9.64 Å². The Morgan fingerprint density at radius 1 is 1.15 bits per heavy atom. The van der Waals surface area contributed by atoms with Gasteiger partial charge in [-0.15, -0.1) is 0 Å². The third-order valence-electron chi connectivity index (χ3n) is 3.28. The molecule has 1 heterocycles. The second kappa shape index (κ2) is 7.84. The normalized spacial score (nSPS) is 16.9. The van der Waals surface area contributed by atoms with Gasteiger partial charge in [0.1, 0.15) is 23.6 Å². The van der Waals surface area contributed by atoms with E-state index in [-0.39, 0.29) is 13.2 Å². The van der Waals surface area contributed by atoms with Gasteiger partial charge in [-0.25, -0.2) is 9.59 Å². The molecular formula is C19H26ClNO6. The number of rotatable bonds is 2. The standard InChI is InChI=1S/C19H26ClNO6/c1-18(2,3)26-16(22)21-10-13(11-24-17(23)27-19(4,5)6)25-15-8-7-12(20)9-14(15)21/h7-9,13H,10-11H2,1-6H3/t13-/m0/s1. The quantitative estimate of drug-likeness (QED) is 0.665. The molecule has 0 bridgehead atoms. The molecule has 0 saturated carbocycles. The molecule has 1 aliphatic rings. The Hall–Kier alpha value is -2.15. The third kappa shape index (κ3) is 6.50. The topological polar surface area (TPSA) is 74.3 Å². The molecule has 27 heavy (non-hydrogen) atoms. The van der Waals surface area contributed by atoms with Crippen molar-refractivity contribution in [2.75, 3.05) is 18.1 Å². The number of anilines is 1. The lowest BCUT2D eigenvalue weighted by Crippen LogP contribution is -2.47. The average molecular weight is 400 g/mol. The summed E-state index contributed by atoms with van der Waals surface area (Å²) < 4.78 is 21.6. The molecular weight excluding hydrogens is 374 g/mol. The van der Waals surface area contributed by atoms with Crippen LogP contribution in [0.4, 0.5) is 15.3 Å². The molecule has 150 valence electrons. The molecule has 0 fully saturated rings. The smallest absolute Gasteiger partial charge is 0.483 e. The molecule has 7 nitrogen and oxygen atoms in total. The Morgan fingerprint density at radius 2 is 1.78 bits per heavy atom. The van der Waals surface area contributed by atoms with Crippen molar-refractivity contribution < 1.29 is 28.5 Å². The zero-order valence-electron chi connectivity index (χ0n) is 16.5. The van der Waals surface area contributed by atoms with Gasteiger partial charge in [0.25, 0.3) is 0 Å². The summed E-state index contributed by atoms with van der Waals surface area (Å²) in [6, 6.07) is 4.95. The predicted molar refractivity (Wildman–Crippen MR) is 102 cm³/mol. The first kappa shape index (κ1) is 21.2. The van der Waals surface area contributed by atoms with Crippen LogP contribution in [0.15, 0.2) is 18.2 Å². The number of carbonyl (C=O) groups excluding carboxylic acids is 2. The molecule has 8 heteroatoms. The van der Waals surface area contributed by atoms with Gasteiger partial charge >= 0.3 is 12.2 Å². The Kier molecular flexibility index (Phi) is 6.14. The van der Waals surface area contributed by atoms with Gasteiger partial charge in [-0.3, -0.25) is 4.90 Å². The van der Waals surface area contributed by atoms with Crippen LogP contribution in [0.1, 0.15) is 41.5 Å². The third-order valence-corrected chi connectivity index (χ3v) is 3.52. The molecule has 1 aromatic carbocycles. The number of hydrogen-bond acceptors (Lipinski definition) is 6. The van der Waals surface area contributed by atoms with E-state index in [1.807, 2.05) is 0 Å². The summed E-state index contributed by atoms with van der Waals surface area (Å²) in [4.78, 5) is 25.8. The Morgan fingerprint density at radius 3 is 2.37 bits per heavy atom. The molecule has 0 N–H and O–H groups in total. The minimum absolute atomic E-state index is 0.0731. The maximum absolute atomic E-state index is 12.6. The minimum Gasteiger partial charge on any atom is -0.483 e. The van der Waals surface area contributed by atoms with Crippen molar-refractivity contribution in [3.63, 3.8) is 0 Å². The Balaban J connectivity index is 2.13. The van der Waals surface area contributed by atoms with Gasteiger partial charge in [0.05, 0.1) is 12.2 Å². The van der Waals surface area contributed by atoms with E-state index in [0.29, 0.717) is 16.5 Å². The van der Waals surface area contributed by atoms with Gasteiger partial charge in [-0.2, -0.15) is 0 Å². The van der Waals surface area contributed by atoms with E-state index in [0.717, 1.165) is 0 Å². The molecule has 0 unspecified atom stereocenters. The number of benzene rings is 1. The first-order valence-corrected chi connectivity index (χ1v) is 9.04. The lowest BCUT2D eigenvalue weighted by atomic mass is 10.2. The fourth-order valence-corrected chi connectivity index (χ4v) is 2.50. The van der Waals surface area contributed by atoms with Crippen LogP contribution in [0.25, 0.3) is 0 Å². The highest BCUT2D eigenvalue weighted by Gasteiger charge is 2.34. The molecule has 2 rings (SSSR count). The average Bonchev–Trinajstić information content (AvgIpc) is 2.49. The molecule has 1 aliphatic heterocycles. The van der Waals surface area contributed by atoms with Gasteiger partial charge in [0, 0.05) is 5.02 Å². The molecule has 1 atom stereocenters. The maximum Gasteiger partial charge on any atom is 0.508 e. The van der Waals surface area contributed by atoms with Crippen molar-refractivity contribution in [2.24, 2.45) is 0 Å². The lowest BCUT2D eigenvalue weighted by molar-refractivity contribution is -0.0214. The van der Waals surface area contributed by atoms with E-state index in [1.54, 1.807) is 59.7 Å². The second-order valence-electron chi connectivity index (χ2n) is 8.22. The zero-order valence-corrected chi connectivity index (χ0v) is 17.3. The van der Waals surface area contributed by atoms with E-state index < -0.39 is 29.6 Å². The molecule has 1 amide bonds. The largest absolute Gasteiger partial charge is 0.508 e. The van der Waals surface area contributed by atoms with Crippen LogP contribution in [-0.4, -0.2) is 42.7 Å². The highest BCUT2D eigenvalue weighted by molar-refractivity contribution is 6.31. The number of hydrogen-bond donors (Lipinski definition) is 0. The van der Waals surface area contributed by atoms with Crippen molar-refractivity contribution in [3.05, 3.63) is 23.2 Å². The monoisotopic (exact) mass is 399 g/mol. The molecule has 0 aliphatic carbocycles. The van der Waals surface area contributed by atoms with Gasteiger partial charge in [0.2, 0.25) is 0 Å². The molecule has 0 radical (unpaired) electrons. The number of amides is 1. The first-order chi connectivity index (χ1) is 12.3. The van der Waals surface area contributed by atoms with Crippen molar-refractivity contribution in [2.45, 2.75) is 58.8 Å². The summed E-state index contributed by atoms with van der Waals surface area (Å²) >= 11 is 6.06. The van der Waals surface area contributed by atoms with Gasteiger partial charge in [-0.05, 0) is 59.7 Å². The van der Waals surface area contributed by atoms with Crippen LogP contribution in [0, 0.1) is 0 Å². The number of fused-ring (bicyclic) bond motifs is 1. The maximum atomic E-state index is 12.6. The highest BCUT2D eigenvalue weighted by atomic mass is 35.5. The van der Waals surface area contributed by atoms with E-state index in [4.69, 9.17) is 30.5 Å². The van der Waals surface area contributed by atoms with Gasteiger partial charge in [-0.1, -0.05) is 11.6 Å². The molecule has 0 spiro atoms. The summed E-state index contributed by atoms with van der Waals surface area (Å²) in [7, 11) is 0. The summed E-state index contributed by atoms with van der Waals surface area (Å²) in [5.74, 6) is 0.453. The molecule has 1 aromatic rings. The fraction of sp³-hybridized carbons (Fsp3) is 0.579.